The molecule has 0 bridgehead atoms. The molecule has 1 aromatic heterocycles. The number of hydrogen-bond acceptors (Lipinski definition) is 1. The molecule has 1 nitrogen and oxygen atoms in total. The van der Waals surface area contributed by atoms with Gasteiger partial charge in [0.15, 0.2) is 0 Å². The van der Waals surface area contributed by atoms with Crippen molar-refractivity contribution in [3.05, 3.63) is 78.0 Å². The van der Waals surface area contributed by atoms with Crippen molar-refractivity contribution in [3.8, 4) is 22.4 Å². The minimum atomic E-state index is -0.403. The summed E-state index contributed by atoms with van der Waals surface area (Å²) in [5.74, 6) is -0.571. The first-order valence-electron chi connectivity index (χ1n) is 6.76. The SMILES string of the molecule is Fc1ccccc1-c1ccc(CCl)nc1-c1ccccc1F. The second kappa shape index (κ2) is 6.24. The zero-order chi connectivity index (χ0) is 15.5. The molecule has 0 aliphatic rings. The summed E-state index contributed by atoms with van der Waals surface area (Å²) in [7, 11) is 0. The lowest BCUT2D eigenvalue weighted by atomic mass is 9.98. The molecule has 22 heavy (non-hydrogen) atoms. The molecule has 110 valence electrons. The summed E-state index contributed by atoms with van der Waals surface area (Å²) in [6.07, 6.45) is 0. The van der Waals surface area contributed by atoms with E-state index in [0.29, 0.717) is 28.1 Å². The number of nitrogens with zero attached hydrogens (tertiary/aromatic N) is 1. The molecule has 0 saturated heterocycles. The molecule has 0 radical (unpaired) electrons. The van der Waals surface area contributed by atoms with Gasteiger partial charge in [-0.15, -0.1) is 11.6 Å². The highest BCUT2D eigenvalue weighted by molar-refractivity contribution is 6.16. The number of benzene rings is 2. The van der Waals surface area contributed by atoms with E-state index < -0.39 is 5.82 Å². The first kappa shape index (κ1) is 14.7. The summed E-state index contributed by atoms with van der Waals surface area (Å²) in [4.78, 5) is 4.40. The van der Waals surface area contributed by atoms with Gasteiger partial charge >= 0.3 is 0 Å². The van der Waals surface area contributed by atoms with E-state index in [9.17, 15) is 8.78 Å². The van der Waals surface area contributed by atoms with Gasteiger partial charge in [0.1, 0.15) is 11.6 Å². The molecular formula is C18H12ClF2N. The summed E-state index contributed by atoms with van der Waals surface area (Å²) in [5, 5.41) is 0. The van der Waals surface area contributed by atoms with Crippen LogP contribution in [0.4, 0.5) is 8.78 Å². The van der Waals surface area contributed by atoms with Crippen LogP contribution in [0, 0.1) is 11.6 Å². The second-order valence-corrected chi connectivity index (χ2v) is 5.06. The van der Waals surface area contributed by atoms with E-state index in [-0.39, 0.29) is 11.7 Å². The van der Waals surface area contributed by atoms with Gasteiger partial charge in [-0.25, -0.2) is 8.78 Å². The maximum atomic E-state index is 14.1. The summed E-state index contributed by atoms with van der Waals surface area (Å²) in [5.41, 5.74) is 2.25. The number of pyridine rings is 1. The fourth-order valence-electron chi connectivity index (χ4n) is 2.33. The van der Waals surface area contributed by atoms with Crippen molar-refractivity contribution in [2.45, 2.75) is 5.88 Å². The van der Waals surface area contributed by atoms with Gasteiger partial charge in [0, 0.05) is 16.7 Å². The fraction of sp³-hybridized carbons (Fsp3) is 0.0556. The maximum Gasteiger partial charge on any atom is 0.132 e. The lowest BCUT2D eigenvalue weighted by Gasteiger charge is -2.12. The Morgan fingerprint density at radius 2 is 1.32 bits per heavy atom. The molecule has 0 aliphatic carbocycles. The predicted molar refractivity (Wildman–Crippen MR) is 84.6 cm³/mol. The van der Waals surface area contributed by atoms with Crippen molar-refractivity contribution < 1.29 is 8.78 Å². The molecule has 0 N–H and O–H groups in total. The Labute approximate surface area is 132 Å². The van der Waals surface area contributed by atoms with Crippen molar-refractivity contribution in [2.75, 3.05) is 0 Å². The highest BCUT2D eigenvalue weighted by atomic mass is 35.5. The van der Waals surface area contributed by atoms with Gasteiger partial charge in [0.2, 0.25) is 0 Å². The van der Waals surface area contributed by atoms with E-state index in [1.54, 1.807) is 48.5 Å². The van der Waals surface area contributed by atoms with E-state index >= 15 is 0 Å². The summed E-state index contributed by atoms with van der Waals surface area (Å²) < 4.78 is 28.2. The molecule has 3 aromatic rings. The Bertz CT molecular complexity index is 818. The highest BCUT2D eigenvalue weighted by Gasteiger charge is 2.15. The number of aromatic nitrogens is 1. The molecule has 1 heterocycles. The van der Waals surface area contributed by atoms with E-state index in [4.69, 9.17) is 11.6 Å². The molecule has 0 amide bonds. The first-order chi connectivity index (χ1) is 10.7. The smallest absolute Gasteiger partial charge is 0.132 e. The van der Waals surface area contributed by atoms with E-state index in [1.165, 1.54) is 12.1 Å². The van der Waals surface area contributed by atoms with Gasteiger partial charge < -0.3 is 0 Å². The van der Waals surface area contributed by atoms with E-state index in [2.05, 4.69) is 4.98 Å². The van der Waals surface area contributed by atoms with Crippen LogP contribution < -0.4 is 0 Å². The van der Waals surface area contributed by atoms with Gasteiger partial charge in [-0.2, -0.15) is 0 Å². The number of hydrogen-bond donors (Lipinski definition) is 0. The Kier molecular flexibility index (Phi) is 4.16. The fourth-order valence-corrected chi connectivity index (χ4v) is 2.48. The zero-order valence-corrected chi connectivity index (χ0v) is 12.3. The van der Waals surface area contributed by atoms with Crippen molar-refractivity contribution in [1.29, 1.82) is 0 Å². The Morgan fingerprint density at radius 1 is 0.727 bits per heavy atom. The van der Waals surface area contributed by atoms with Gasteiger partial charge in [-0.05, 0) is 24.3 Å². The van der Waals surface area contributed by atoms with Crippen LogP contribution in [0.25, 0.3) is 22.4 Å². The van der Waals surface area contributed by atoms with Crippen molar-refractivity contribution >= 4 is 11.6 Å². The molecule has 3 rings (SSSR count). The van der Waals surface area contributed by atoms with Crippen LogP contribution in [0.3, 0.4) is 0 Å². The predicted octanol–water partition coefficient (Wildman–Crippen LogP) is 5.43. The lowest BCUT2D eigenvalue weighted by molar-refractivity contribution is 0.628. The van der Waals surface area contributed by atoms with Crippen LogP contribution in [0.5, 0.6) is 0 Å². The van der Waals surface area contributed by atoms with Crippen molar-refractivity contribution in [1.82, 2.24) is 4.98 Å². The summed E-state index contributed by atoms with van der Waals surface area (Å²) >= 11 is 5.83. The van der Waals surface area contributed by atoms with Crippen LogP contribution in [-0.2, 0) is 5.88 Å². The number of rotatable bonds is 3. The van der Waals surface area contributed by atoms with Gasteiger partial charge in [0.25, 0.3) is 0 Å². The van der Waals surface area contributed by atoms with Crippen LogP contribution in [0.1, 0.15) is 5.69 Å². The standard InChI is InChI=1S/C18H12ClF2N/c19-11-12-9-10-14(13-5-1-3-7-16(13)20)18(22-12)15-6-2-4-8-17(15)21/h1-10H,11H2. The topological polar surface area (TPSA) is 12.9 Å². The third-order valence-corrected chi connectivity index (χ3v) is 3.66. The van der Waals surface area contributed by atoms with E-state index in [1.807, 2.05) is 0 Å². The van der Waals surface area contributed by atoms with Crippen LogP contribution in [0.2, 0.25) is 0 Å². The lowest BCUT2D eigenvalue weighted by Crippen LogP contribution is -1.97. The normalized spacial score (nSPS) is 10.7. The Morgan fingerprint density at radius 3 is 1.91 bits per heavy atom. The van der Waals surface area contributed by atoms with Crippen molar-refractivity contribution in [2.24, 2.45) is 0 Å². The quantitative estimate of drug-likeness (QED) is 0.587. The van der Waals surface area contributed by atoms with Gasteiger partial charge in [-0.3, -0.25) is 4.98 Å². The molecule has 0 aliphatic heterocycles. The average Bonchev–Trinajstić information content (AvgIpc) is 2.55. The van der Waals surface area contributed by atoms with E-state index in [0.717, 1.165) is 0 Å². The third kappa shape index (κ3) is 2.72. The molecule has 0 unspecified atom stereocenters. The summed E-state index contributed by atoms with van der Waals surface area (Å²) in [6, 6.07) is 16.1. The largest absolute Gasteiger partial charge is 0.251 e. The number of alkyl halides is 1. The molecule has 4 heteroatoms. The molecule has 0 saturated carbocycles. The van der Waals surface area contributed by atoms with Crippen LogP contribution >= 0.6 is 11.6 Å². The molecule has 0 spiro atoms. The average molecular weight is 316 g/mol. The minimum absolute atomic E-state index is 0.207. The molecule has 0 atom stereocenters. The summed E-state index contributed by atoms with van der Waals surface area (Å²) in [6.45, 7) is 0. The number of halogens is 3. The Balaban J connectivity index is 2.28. The third-order valence-electron chi connectivity index (χ3n) is 3.38. The molecule has 2 aromatic carbocycles. The van der Waals surface area contributed by atoms with Gasteiger partial charge in [-0.1, -0.05) is 36.4 Å². The maximum absolute atomic E-state index is 14.1. The zero-order valence-electron chi connectivity index (χ0n) is 11.6. The molecular weight excluding hydrogens is 304 g/mol. The van der Waals surface area contributed by atoms with Crippen molar-refractivity contribution in [3.63, 3.8) is 0 Å². The van der Waals surface area contributed by atoms with Crippen LogP contribution in [-0.4, -0.2) is 4.98 Å². The molecule has 0 fully saturated rings. The van der Waals surface area contributed by atoms with Crippen LogP contribution in [0.15, 0.2) is 60.7 Å². The second-order valence-electron chi connectivity index (χ2n) is 4.79. The highest BCUT2D eigenvalue weighted by Crippen LogP contribution is 2.33. The first-order valence-corrected chi connectivity index (χ1v) is 7.30. The minimum Gasteiger partial charge on any atom is -0.251 e. The Hall–Kier alpha value is -2.26. The van der Waals surface area contributed by atoms with Gasteiger partial charge in [0.05, 0.1) is 17.3 Å². The monoisotopic (exact) mass is 315 g/mol.